The zero-order valence-corrected chi connectivity index (χ0v) is 16.1. The molecule has 1 aromatic rings. The molecule has 8 heteroatoms. The van der Waals surface area contributed by atoms with E-state index in [0.717, 1.165) is 6.04 Å². The molecule has 0 aromatic carbocycles. The molecule has 1 rings (SSSR count). The van der Waals surface area contributed by atoms with Crippen LogP contribution in [0.25, 0.3) is 0 Å². The maximum absolute atomic E-state index is 11.1. The maximum Gasteiger partial charge on any atom is 0.350 e. The van der Waals surface area contributed by atoms with Crippen molar-refractivity contribution < 1.29 is 14.6 Å². The van der Waals surface area contributed by atoms with E-state index in [0.29, 0.717) is 30.2 Å². The van der Waals surface area contributed by atoms with Crippen LogP contribution in [0.3, 0.4) is 0 Å². The number of carboxylic acid groups (broad SMARTS) is 1. The third-order valence-corrected chi connectivity index (χ3v) is 5.39. The number of aliphatic carboxylic acids is 1. The smallest absolute Gasteiger partial charge is 0.350 e. The first-order chi connectivity index (χ1) is 10.2. The minimum Gasteiger partial charge on any atom is -0.477 e. The van der Waals surface area contributed by atoms with Gasteiger partial charge in [0, 0.05) is 20.9 Å². The molecule has 0 fully saturated rings. The molecule has 0 aliphatic heterocycles. The molecule has 1 aromatic heterocycles. The van der Waals surface area contributed by atoms with Gasteiger partial charge in [-0.05, 0) is 28.4 Å². The topological polar surface area (TPSA) is 88.2 Å². The van der Waals surface area contributed by atoms with Crippen molar-refractivity contribution in [1.29, 1.82) is 5.41 Å². The molecule has 124 valence electrons. The molecule has 0 amide bonds. The average Bonchev–Trinajstić information content (AvgIpc) is 2.75. The molecule has 0 aliphatic carbocycles. The normalized spacial score (nSPS) is 13.1. The first kappa shape index (κ1) is 19.1. The Kier molecular flexibility index (Phi) is 6.95. The number of ether oxygens (including phenoxy) is 1. The number of halogens is 1. The number of nitrogens with one attached hydrogen (secondary N) is 1. The third kappa shape index (κ3) is 5.66. The van der Waals surface area contributed by atoms with Gasteiger partial charge < -0.3 is 14.4 Å². The highest BCUT2D eigenvalue weighted by Gasteiger charge is 2.26. The number of carbonyl (C=O) groups is 1. The van der Waals surface area contributed by atoms with Crippen molar-refractivity contribution in [3.8, 4) is 0 Å². The van der Waals surface area contributed by atoms with Crippen molar-refractivity contribution in [1.82, 2.24) is 9.55 Å². The number of hydrogen-bond acceptors (Lipinski definition) is 4. The van der Waals surface area contributed by atoms with Crippen LogP contribution in [-0.4, -0.2) is 41.0 Å². The second kappa shape index (κ2) is 8.03. The van der Waals surface area contributed by atoms with Crippen LogP contribution >= 0.6 is 15.9 Å². The highest BCUT2D eigenvalue weighted by molar-refractivity contribution is 9.10. The van der Waals surface area contributed by atoms with E-state index in [4.69, 9.17) is 15.3 Å². The third-order valence-electron chi connectivity index (χ3n) is 3.30. The fourth-order valence-electron chi connectivity index (χ4n) is 1.98. The Morgan fingerprint density at radius 3 is 2.68 bits per heavy atom. The van der Waals surface area contributed by atoms with Crippen molar-refractivity contribution in [2.45, 2.75) is 51.7 Å². The SMILES string of the molecule is CCC(C(=N)C(=O)O)c1nc(Br)cn1COCC[Si](C)(C)C. The molecule has 0 bridgehead atoms. The number of carboxylic acids is 1. The molecule has 0 saturated carbocycles. The van der Waals surface area contributed by atoms with E-state index in [1.807, 2.05) is 6.92 Å². The predicted octanol–water partition coefficient (Wildman–Crippen LogP) is 3.56. The molecule has 1 atom stereocenters. The van der Waals surface area contributed by atoms with Gasteiger partial charge in [-0.25, -0.2) is 9.78 Å². The molecule has 0 aliphatic rings. The number of rotatable bonds is 9. The second-order valence-corrected chi connectivity index (χ2v) is 12.9. The van der Waals surface area contributed by atoms with Gasteiger partial charge in [-0.1, -0.05) is 26.6 Å². The Hall–Kier alpha value is -0.993. The molecular formula is C14H24BrN3O3Si. The zero-order valence-electron chi connectivity index (χ0n) is 13.5. The van der Waals surface area contributed by atoms with Crippen LogP contribution in [0.15, 0.2) is 10.8 Å². The van der Waals surface area contributed by atoms with E-state index in [2.05, 4.69) is 40.6 Å². The molecule has 0 spiro atoms. The first-order valence-electron chi connectivity index (χ1n) is 7.27. The van der Waals surface area contributed by atoms with E-state index in [1.165, 1.54) is 0 Å². The summed E-state index contributed by atoms with van der Waals surface area (Å²) in [4.78, 5) is 15.4. The zero-order chi connectivity index (χ0) is 16.9. The van der Waals surface area contributed by atoms with Crippen molar-refractivity contribution >= 4 is 35.7 Å². The van der Waals surface area contributed by atoms with Crippen LogP contribution in [-0.2, 0) is 16.3 Å². The van der Waals surface area contributed by atoms with Gasteiger partial charge in [0.1, 0.15) is 22.9 Å². The fraction of sp³-hybridized carbons (Fsp3) is 0.643. The molecule has 1 heterocycles. The van der Waals surface area contributed by atoms with Crippen LogP contribution in [0, 0.1) is 5.41 Å². The molecule has 22 heavy (non-hydrogen) atoms. The van der Waals surface area contributed by atoms with Gasteiger partial charge >= 0.3 is 5.97 Å². The molecule has 0 radical (unpaired) electrons. The summed E-state index contributed by atoms with van der Waals surface area (Å²) >= 11 is 3.31. The van der Waals surface area contributed by atoms with Crippen molar-refractivity contribution in [2.24, 2.45) is 0 Å². The molecule has 1 unspecified atom stereocenters. The maximum atomic E-state index is 11.1. The average molecular weight is 390 g/mol. The highest BCUT2D eigenvalue weighted by atomic mass is 79.9. The van der Waals surface area contributed by atoms with Crippen LogP contribution in [0.1, 0.15) is 25.1 Å². The number of nitrogens with zero attached hydrogens (tertiary/aromatic N) is 2. The largest absolute Gasteiger partial charge is 0.477 e. The van der Waals surface area contributed by atoms with Crippen molar-refractivity contribution in [3.63, 3.8) is 0 Å². The van der Waals surface area contributed by atoms with Gasteiger partial charge in [0.15, 0.2) is 0 Å². The Morgan fingerprint density at radius 1 is 1.55 bits per heavy atom. The summed E-state index contributed by atoms with van der Waals surface area (Å²) in [6.45, 7) is 9.71. The Bertz CT molecular complexity index is 540. The Morgan fingerprint density at radius 2 is 2.18 bits per heavy atom. The minimum absolute atomic E-state index is 0.321. The lowest BCUT2D eigenvalue weighted by molar-refractivity contribution is -0.129. The van der Waals surface area contributed by atoms with Gasteiger partial charge in [0.05, 0.1) is 5.92 Å². The molecule has 0 saturated heterocycles. The van der Waals surface area contributed by atoms with Crippen LogP contribution < -0.4 is 0 Å². The Balaban J connectivity index is 2.80. The number of aromatic nitrogens is 2. The van der Waals surface area contributed by atoms with Gasteiger partial charge in [-0.3, -0.25) is 5.41 Å². The van der Waals surface area contributed by atoms with E-state index in [-0.39, 0.29) is 5.71 Å². The lowest BCUT2D eigenvalue weighted by atomic mass is 9.99. The Labute approximate surface area is 140 Å². The standard InChI is InChI=1S/C14H24BrN3O3Si/c1-5-10(12(16)14(19)20)13-17-11(15)8-18(13)9-21-6-7-22(2,3)4/h8,10,16H,5-7,9H2,1-4H3,(H,19,20). The number of hydrogen-bond donors (Lipinski definition) is 2. The summed E-state index contributed by atoms with van der Waals surface area (Å²) in [5.41, 5.74) is -0.344. The van der Waals surface area contributed by atoms with Gasteiger partial charge in [0.2, 0.25) is 0 Å². The van der Waals surface area contributed by atoms with Gasteiger partial charge in [-0.15, -0.1) is 0 Å². The lowest BCUT2D eigenvalue weighted by Gasteiger charge is -2.18. The van der Waals surface area contributed by atoms with Crippen molar-refractivity contribution in [3.05, 3.63) is 16.6 Å². The summed E-state index contributed by atoms with van der Waals surface area (Å²) in [5.74, 6) is -1.20. The van der Waals surface area contributed by atoms with Gasteiger partial charge in [-0.2, -0.15) is 0 Å². The van der Waals surface area contributed by atoms with Gasteiger partial charge in [0.25, 0.3) is 0 Å². The van der Waals surface area contributed by atoms with E-state index >= 15 is 0 Å². The second-order valence-electron chi connectivity index (χ2n) is 6.42. The summed E-state index contributed by atoms with van der Waals surface area (Å²) in [7, 11) is -1.14. The number of imidazole rings is 1. The van der Waals surface area contributed by atoms with E-state index in [9.17, 15) is 4.79 Å². The van der Waals surface area contributed by atoms with E-state index in [1.54, 1.807) is 10.8 Å². The lowest BCUT2D eigenvalue weighted by Crippen LogP contribution is -2.25. The molecule has 6 nitrogen and oxygen atoms in total. The van der Waals surface area contributed by atoms with Crippen LogP contribution in [0.2, 0.25) is 25.7 Å². The van der Waals surface area contributed by atoms with Crippen LogP contribution in [0.5, 0.6) is 0 Å². The quantitative estimate of drug-likeness (QED) is 0.383. The summed E-state index contributed by atoms with van der Waals surface area (Å²) < 4.78 is 8.10. The highest BCUT2D eigenvalue weighted by Crippen LogP contribution is 2.23. The van der Waals surface area contributed by atoms with Crippen LogP contribution in [0.4, 0.5) is 0 Å². The first-order valence-corrected chi connectivity index (χ1v) is 11.8. The fourth-order valence-corrected chi connectivity index (χ4v) is 3.17. The molecular weight excluding hydrogens is 366 g/mol. The monoisotopic (exact) mass is 389 g/mol. The summed E-state index contributed by atoms with van der Waals surface area (Å²) in [6, 6.07) is 1.07. The van der Waals surface area contributed by atoms with Crippen molar-refractivity contribution in [2.75, 3.05) is 6.61 Å². The molecule has 2 N–H and O–H groups in total. The summed E-state index contributed by atoms with van der Waals surface area (Å²) in [5, 5.41) is 16.8. The minimum atomic E-state index is -1.21. The predicted molar refractivity (Wildman–Crippen MR) is 92.4 cm³/mol. The summed E-state index contributed by atoms with van der Waals surface area (Å²) in [6.07, 6.45) is 2.27. The van der Waals surface area contributed by atoms with E-state index < -0.39 is 20.0 Å².